The third-order valence-electron chi connectivity index (χ3n) is 4.22. The van der Waals surface area contributed by atoms with Gasteiger partial charge in [-0.2, -0.15) is 0 Å². The van der Waals surface area contributed by atoms with Gasteiger partial charge in [-0.05, 0) is 24.1 Å². The van der Waals surface area contributed by atoms with E-state index >= 15 is 0 Å². The number of para-hydroxylation sites is 2. The van der Waals surface area contributed by atoms with Crippen molar-refractivity contribution in [2.45, 2.75) is 6.42 Å². The number of benzene rings is 2. The summed E-state index contributed by atoms with van der Waals surface area (Å²) in [6.45, 7) is 0.256. The van der Waals surface area contributed by atoms with E-state index in [2.05, 4.69) is 15.0 Å². The van der Waals surface area contributed by atoms with E-state index in [0.29, 0.717) is 12.0 Å². The molecule has 0 saturated heterocycles. The van der Waals surface area contributed by atoms with E-state index in [1.807, 2.05) is 24.3 Å². The van der Waals surface area contributed by atoms with Crippen LogP contribution in [-0.4, -0.2) is 35.4 Å². The van der Waals surface area contributed by atoms with Crippen molar-refractivity contribution in [2.75, 3.05) is 13.7 Å². The Kier molecular flexibility index (Phi) is 5.16. The summed E-state index contributed by atoms with van der Waals surface area (Å²) in [7, 11) is 1.27. The Labute approximate surface area is 154 Å². The van der Waals surface area contributed by atoms with Gasteiger partial charge in [-0.3, -0.25) is 14.9 Å². The van der Waals surface area contributed by atoms with Crippen molar-refractivity contribution in [1.29, 1.82) is 0 Å². The molecule has 0 bridgehead atoms. The molecule has 0 fully saturated rings. The van der Waals surface area contributed by atoms with Crippen LogP contribution in [0, 0.1) is 10.1 Å². The number of aromatic nitrogens is 1. The van der Waals surface area contributed by atoms with Crippen LogP contribution >= 0.6 is 0 Å². The van der Waals surface area contributed by atoms with E-state index in [-0.39, 0.29) is 23.5 Å². The molecule has 0 spiro atoms. The molecule has 0 aliphatic carbocycles. The Morgan fingerprint density at radius 2 is 1.85 bits per heavy atom. The van der Waals surface area contributed by atoms with Crippen LogP contribution in [-0.2, 0) is 11.2 Å². The van der Waals surface area contributed by atoms with Crippen LogP contribution in [0.2, 0.25) is 0 Å². The summed E-state index contributed by atoms with van der Waals surface area (Å²) in [6.07, 6.45) is -0.206. The van der Waals surface area contributed by atoms with Crippen molar-refractivity contribution >= 4 is 28.5 Å². The van der Waals surface area contributed by atoms with E-state index in [1.165, 1.54) is 25.3 Å². The van der Waals surface area contributed by atoms with Gasteiger partial charge in [0.1, 0.15) is 5.56 Å². The molecular weight excluding hydrogens is 350 g/mol. The maximum Gasteiger partial charge on any atom is 0.406 e. The van der Waals surface area contributed by atoms with Crippen LogP contribution in [0.15, 0.2) is 48.5 Å². The fourth-order valence-electron chi connectivity index (χ4n) is 2.97. The highest BCUT2D eigenvalue weighted by atomic mass is 16.6. The lowest BCUT2D eigenvalue weighted by Crippen LogP contribution is -2.25. The molecule has 138 valence electrons. The largest absolute Gasteiger partial charge is 0.453 e. The molecular formula is C19H17N3O5. The highest BCUT2D eigenvalue weighted by Gasteiger charge is 2.25. The number of carbonyl (C=O) groups excluding carboxylic acids is 2. The standard InChI is InChI=1S/C19H17N3O5/c1-27-19(24)20-11-10-13-12-6-2-4-8-15(12)21-17(13)18(23)14-7-3-5-9-16(14)22(25)26/h2-9,21H,10-11H2,1H3,(H,20,24). The Morgan fingerprint density at radius 3 is 2.59 bits per heavy atom. The number of alkyl carbamates (subject to hydrolysis) is 1. The molecule has 8 nitrogen and oxygen atoms in total. The minimum absolute atomic E-state index is 0.0104. The maximum absolute atomic E-state index is 13.1. The molecule has 2 aromatic carbocycles. The summed E-state index contributed by atoms with van der Waals surface area (Å²) < 4.78 is 4.55. The predicted octanol–water partition coefficient (Wildman–Crippen LogP) is 3.21. The molecule has 0 unspecified atom stereocenters. The Morgan fingerprint density at radius 1 is 1.15 bits per heavy atom. The number of nitro groups is 1. The third kappa shape index (κ3) is 3.64. The number of carbonyl (C=O) groups is 2. The SMILES string of the molecule is COC(=O)NCCc1c(C(=O)c2ccccc2[N+](=O)[O-])[nH]c2ccccc12. The van der Waals surface area contributed by atoms with Crippen LogP contribution < -0.4 is 5.32 Å². The average Bonchev–Trinajstić information content (AvgIpc) is 3.06. The second-order valence-electron chi connectivity index (χ2n) is 5.80. The molecule has 1 amide bonds. The number of rotatable bonds is 6. The summed E-state index contributed by atoms with van der Waals surface area (Å²) in [5.74, 6) is -0.466. The van der Waals surface area contributed by atoms with Crippen LogP contribution in [0.1, 0.15) is 21.6 Å². The Hall–Kier alpha value is -3.68. The van der Waals surface area contributed by atoms with E-state index in [4.69, 9.17) is 0 Å². The van der Waals surface area contributed by atoms with Gasteiger partial charge >= 0.3 is 6.09 Å². The van der Waals surface area contributed by atoms with Gasteiger partial charge < -0.3 is 15.0 Å². The number of hydrogen-bond acceptors (Lipinski definition) is 5. The van der Waals surface area contributed by atoms with Gasteiger partial charge in [-0.25, -0.2) is 4.79 Å². The number of nitrogens with one attached hydrogen (secondary N) is 2. The highest BCUT2D eigenvalue weighted by molar-refractivity contribution is 6.13. The van der Waals surface area contributed by atoms with E-state index in [0.717, 1.165) is 10.9 Å². The molecule has 8 heteroatoms. The topological polar surface area (TPSA) is 114 Å². The molecule has 0 aliphatic heterocycles. The number of aromatic amines is 1. The molecule has 0 radical (unpaired) electrons. The van der Waals surface area contributed by atoms with Crippen molar-refractivity contribution in [1.82, 2.24) is 10.3 Å². The fourth-order valence-corrected chi connectivity index (χ4v) is 2.97. The summed E-state index contributed by atoms with van der Waals surface area (Å²) in [6, 6.07) is 13.2. The molecule has 1 aromatic heterocycles. The van der Waals surface area contributed by atoms with Crippen molar-refractivity contribution in [3.8, 4) is 0 Å². The molecule has 1 heterocycles. The Balaban J connectivity index is 2.03. The van der Waals surface area contributed by atoms with Crippen molar-refractivity contribution in [2.24, 2.45) is 0 Å². The minimum atomic E-state index is -0.575. The van der Waals surface area contributed by atoms with Gasteiger partial charge in [0.15, 0.2) is 0 Å². The van der Waals surface area contributed by atoms with Crippen LogP contribution in [0.25, 0.3) is 10.9 Å². The Bertz CT molecular complexity index is 1030. The zero-order valence-corrected chi connectivity index (χ0v) is 14.5. The van der Waals surface area contributed by atoms with Crippen molar-refractivity contribution in [3.05, 3.63) is 75.5 Å². The number of methoxy groups -OCH3 is 1. The highest BCUT2D eigenvalue weighted by Crippen LogP contribution is 2.27. The summed E-state index contributed by atoms with van der Waals surface area (Å²) >= 11 is 0. The second-order valence-corrected chi connectivity index (χ2v) is 5.80. The van der Waals surface area contributed by atoms with Gasteiger partial charge in [0, 0.05) is 23.5 Å². The number of nitro benzene ring substituents is 1. The van der Waals surface area contributed by atoms with Gasteiger partial charge in [0.05, 0.1) is 17.7 Å². The number of amides is 1. The molecule has 3 rings (SSSR count). The molecule has 0 aliphatic rings. The lowest BCUT2D eigenvalue weighted by molar-refractivity contribution is -0.385. The third-order valence-corrected chi connectivity index (χ3v) is 4.22. The fraction of sp³-hybridized carbons (Fsp3) is 0.158. The number of ether oxygens (including phenoxy) is 1. The minimum Gasteiger partial charge on any atom is -0.453 e. The van der Waals surface area contributed by atoms with Crippen molar-refractivity contribution in [3.63, 3.8) is 0 Å². The number of ketones is 1. The number of nitrogens with zero attached hydrogens (tertiary/aromatic N) is 1. The van der Waals surface area contributed by atoms with Crippen LogP contribution in [0.4, 0.5) is 10.5 Å². The lowest BCUT2D eigenvalue weighted by Gasteiger charge is -2.06. The van der Waals surface area contributed by atoms with Crippen LogP contribution in [0.3, 0.4) is 0 Å². The van der Waals surface area contributed by atoms with Gasteiger partial charge in [-0.15, -0.1) is 0 Å². The smallest absolute Gasteiger partial charge is 0.406 e. The molecule has 0 saturated carbocycles. The van der Waals surface area contributed by atoms with Crippen LogP contribution in [0.5, 0.6) is 0 Å². The first-order chi connectivity index (χ1) is 13.0. The van der Waals surface area contributed by atoms with Gasteiger partial charge in [-0.1, -0.05) is 30.3 Å². The first-order valence-corrected chi connectivity index (χ1v) is 8.22. The van der Waals surface area contributed by atoms with Gasteiger partial charge in [0.2, 0.25) is 5.78 Å². The molecule has 27 heavy (non-hydrogen) atoms. The monoisotopic (exact) mass is 367 g/mol. The number of fused-ring (bicyclic) bond motifs is 1. The van der Waals surface area contributed by atoms with E-state index in [1.54, 1.807) is 6.07 Å². The molecule has 2 N–H and O–H groups in total. The number of H-pyrrole nitrogens is 1. The average molecular weight is 367 g/mol. The quantitative estimate of drug-likeness (QED) is 0.394. The maximum atomic E-state index is 13.1. The summed E-state index contributed by atoms with van der Waals surface area (Å²) in [5.41, 5.74) is 1.46. The van der Waals surface area contributed by atoms with E-state index < -0.39 is 16.8 Å². The lowest BCUT2D eigenvalue weighted by atomic mass is 10.00. The second kappa shape index (κ2) is 7.69. The summed E-state index contributed by atoms with van der Waals surface area (Å²) in [4.78, 5) is 38.1. The van der Waals surface area contributed by atoms with Gasteiger partial charge in [0.25, 0.3) is 5.69 Å². The normalized spacial score (nSPS) is 10.6. The predicted molar refractivity (Wildman–Crippen MR) is 98.9 cm³/mol. The van der Waals surface area contributed by atoms with E-state index in [9.17, 15) is 19.7 Å². The van der Waals surface area contributed by atoms with Crippen molar-refractivity contribution < 1.29 is 19.2 Å². The first kappa shape index (κ1) is 18.1. The summed E-state index contributed by atoms with van der Waals surface area (Å²) in [5, 5.41) is 14.7. The molecule has 3 aromatic rings. The zero-order chi connectivity index (χ0) is 19.4. The number of hydrogen-bond donors (Lipinski definition) is 2. The first-order valence-electron chi connectivity index (χ1n) is 8.22. The zero-order valence-electron chi connectivity index (χ0n) is 14.5. The molecule has 0 atom stereocenters.